The molecule has 7 heteroatoms. The van der Waals surface area contributed by atoms with Crippen LogP contribution in [-0.4, -0.2) is 35.1 Å². The van der Waals surface area contributed by atoms with Gasteiger partial charge in [-0.25, -0.2) is 4.39 Å². The average molecular weight is 424 g/mol. The van der Waals surface area contributed by atoms with Gasteiger partial charge in [-0.05, 0) is 42.3 Å². The topological polar surface area (TPSA) is 62.6 Å². The van der Waals surface area contributed by atoms with Crippen molar-refractivity contribution in [2.24, 2.45) is 0 Å². The van der Waals surface area contributed by atoms with Crippen LogP contribution in [-0.2, 0) is 11.2 Å². The summed E-state index contributed by atoms with van der Waals surface area (Å²) in [4.78, 5) is 27.8. The van der Waals surface area contributed by atoms with Gasteiger partial charge in [0.2, 0.25) is 5.91 Å². The average Bonchev–Trinajstić information content (AvgIpc) is 3.44. The van der Waals surface area contributed by atoms with Crippen LogP contribution in [0.15, 0.2) is 77.6 Å². The zero-order chi connectivity index (χ0) is 20.9. The van der Waals surface area contributed by atoms with Gasteiger partial charge in [0.1, 0.15) is 17.2 Å². The Morgan fingerprint density at radius 3 is 2.57 bits per heavy atom. The van der Waals surface area contributed by atoms with Crippen LogP contribution in [0, 0.1) is 5.82 Å². The van der Waals surface area contributed by atoms with Crippen molar-refractivity contribution in [3.8, 4) is 0 Å². The fourth-order valence-corrected chi connectivity index (χ4v) is 4.87. The number of carbonyl (C=O) groups is 2. The molecular weight excluding hydrogens is 403 g/mol. The van der Waals surface area contributed by atoms with Crippen molar-refractivity contribution in [2.75, 3.05) is 12.3 Å². The summed E-state index contributed by atoms with van der Waals surface area (Å²) in [5.41, 5.74) is 2.29. The fraction of sp³-hybridized carbons (Fsp3) is 0.217. The van der Waals surface area contributed by atoms with Crippen molar-refractivity contribution in [2.45, 2.75) is 17.8 Å². The predicted molar refractivity (Wildman–Crippen MR) is 113 cm³/mol. The molecule has 154 valence electrons. The predicted octanol–water partition coefficient (Wildman–Crippen LogP) is 4.03. The van der Waals surface area contributed by atoms with E-state index in [2.05, 4.69) is 5.32 Å². The highest BCUT2D eigenvalue weighted by Crippen LogP contribution is 2.42. The molecule has 0 spiro atoms. The largest absolute Gasteiger partial charge is 0.472 e. The molecule has 0 bridgehead atoms. The highest BCUT2D eigenvalue weighted by Gasteiger charge is 2.42. The Morgan fingerprint density at radius 1 is 1.10 bits per heavy atom. The van der Waals surface area contributed by atoms with Crippen LogP contribution in [0.2, 0.25) is 0 Å². The van der Waals surface area contributed by atoms with E-state index in [-0.39, 0.29) is 17.2 Å². The number of hydrogen-bond donors (Lipinski definition) is 1. The smallest absolute Gasteiger partial charge is 0.255 e. The minimum Gasteiger partial charge on any atom is -0.472 e. The zero-order valence-electron chi connectivity index (χ0n) is 16.2. The van der Waals surface area contributed by atoms with Crippen molar-refractivity contribution in [1.29, 1.82) is 0 Å². The van der Waals surface area contributed by atoms with E-state index in [9.17, 15) is 14.0 Å². The van der Waals surface area contributed by atoms with E-state index in [0.29, 0.717) is 24.3 Å². The Morgan fingerprint density at radius 2 is 1.87 bits per heavy atom. The number of benzene rings is 2. The second-order valence-electron chi connectivity index (χ2n) is 7.00. The maximum atomic E-state index is 13.3. The Kier molecular flexibility index (Phi) is 6.18. The first-order valence-electron chi connectivity index (χ1n) is 9.67. The second kappa shape index (κ2) is 9.17. The van der Waals surface area contributed by atoms with Crippen molar-refractivity contribution in [3.05, 3.63) is 95.7 Å². The summed E-state index contributed by atoms with van der Waals surface area (Å²) in [5, 5.41) is 2.61. The number of furan rings is 1. The van der Waals surface area contributed by atoms with Crippen molar-refractivity contribution < 1.29 is 18.4 Å². The zero-order valence-corrected chi connectivity index (χ0v) is 17.0. The lowest BCUT2D eigenvalue weighted by Crippen LogP contribution is -2.48. The molecule has 0 radical (unpaired) electrons. The van der Waals surface area contributed by atoms with Gasteiger partial charge in [0, 0.05) is 23.4 Å². The summed E-state index contributed by atoms with van der Waals surface area (Å²) in [6, 6.07) is 16.4. The first kappa shape index (κ1) is 20.2. The maximum absolute atomic E-state index is 13.3. The first-order valence-corrected chi connectivity index (χ1v) is 10.7. The molecule has 0 aliphatic carbocycles. The van der Waals surface area contributed by atoms with Gasteiger partial charge < -0.3 is 14.6 Å². The minimum atomic E-state index is -0.622. The van der Waals surface area contributed by atoms with Crippen LogP contribution < -0.4 is 5.32 Å². The summed E-state index contributed by atoms with van der Waals surface area (Å²) in [6.45, 7) is 0.485. The second-order valence-corrected chi connectivity index (χ2v) is 8.12. The number of hydrogen-bond acceptors (Lipinski definition) is 4. The first-order chi connectivity index (χ1) is 14.6. The lowest BCUT2D eigenvalue weighted by Gasteiger charge is -2.28. The number of carbonyl (C=O) groups excluding carboxylic acids is 2. The Bertz CT molecular complexity index is 993. The third kappa shape index (κ3) is 4.41. The van der Waals surface area contributed by atoms with E-state index >= 15 is 0 Å². The molecule has 1 aliphatic heterocycles. The van der Waals surface area contributed by atoms with Crippen molar-refractivity contribution in [3.63, 3.8) is 0 Å². The van der Waals surface area contributed by atoms with E-state index in [1.165, 1.54) is 36.0 Å². The normalized spacial score (nSPS) is 18.4. The number of halogens is 1. The van der Waals surface area contributed by atoms with Crippen LogP contribution in [0.5, 0.6) is 0 Å². The molecule has 0 saturated carbocycles. The van der Waals surface area contributed by atoms with Gasteiger partial charge in [-0.15, -0.1) is 11.8 Å². The number of rotatable bonds is 6. The van der Waals surface area contributed by atoms with E-state index in [1.54, 1.807) is 23.5 Å². The van der Waals surface area contributed by atoms with Gasteiger partial charge in [-0.1, -0.05) is 30.3 Å². The lowest BCUT2D eigenvalue weighted by molar-refractivity contribution is -0.124. The summed E-state index contributed by atoms with van der Waals surface area (Å²) < 4.78 is 18.5. The molecule has 30 heavy (non-hydrogen) atoms. The van der Waals surface area contributed by atoms with Crippen LogP contribution in [0.25, 0.3) is 0 Å². The third-order valence-electron chi connectivity index (χ3n) is 5.01. The van der Waals surface area contributed by atoms with E-state index < -0.39 is 11.9 Å². The molecule has 4 rings (SSSR count). The van der Waals surface area contributed by atoms with Gasteiger partial charge in [-0.3, -0.25) is 9.59 Å². The van der Waals surface area contributed by atoms with Gasteiger partial charge >= 0.3 is 0 Å². The third-order valence-corrected chi connectivity index (χ3v) is 6.34. The van der Waals surface area contributed by atoms with Crippen LogP contribution >= 0.6 is 11.8 Å². The molecular formula is C23H21FN2O3S. The van der Waals surface area contributed by atoms with Gasteiger partial charge in [0.25, 0.3) is 5.91 Å². The van der Waals surface area contributed by atoms with Gasteiger partial charge in [0.05, 0.1) is 12.5 Å². The Balaban J connectivity index is 1.50. The molecule has 2 amide bonds. The van der Waals surface area contributed by atoms with Crippen LogP contribution in [0.4, 0.5) is 4.39 Å². The highest BCUT2D eigenvalue weighted by molar-refractivity contribution is 7.99. The van der Waals surface area contributed by atoms with Crippen LogP contribution in [0.3, 0.4) is 0 Å². The highest BCUT2D eigenvalue weighted by atomic mass is 32.2. The van der Waals surface area contributed by atoms with E-state index in [4.69, 9.17) is 4.42 Å². The molecule has 2 aromatic carbocycles. The Hall–Kier alpha value is -3.06. The summed E-state index contributed by atoms with van der Waals surface area (Å²) in [7, 11) is 0. The van der Waals surface area contributed by atoms with E-state index in [0.717, 1.165) is 11.1 Å². The van der Waals surface area contributed by atoms with Gasteiger partial charge in [0.15, 0.2) is 0 Å². The molecule has 2 heterocycles. The quantitative estimate of drug-likeness (QED) is 0.649. The van der Waals surface area contributed by atoms with Crippen LogP contribution in [0.1, 0.15) is 26.9 Å². The van der Waals surface area contributed by atoms with Gasteiger partial charge in [-0.2, -0.15) is 0 Å². The molecule has 1 fully saturated rings. The van der Waals surface area contributed by atoms with Crippen molar-refractivity contribution in [1.82, 2.24) is 10.2 Å². The van der Waals surface area contributed by atoms with E-state index in [1.807, 2.05) is 30.3 Å². The number of thioether (sulfide) groups is 1. The molecule has 1 aromatic heterocycles. The molecule has 1 N–H and O–H groups in total. The molecule has 2 unspecified atom stereocenters. The standard InChI is InChI=1S/C23H21FN2O3S/c24-19-8-6-17(7-9-19)22(28)26-20(15-30-23(26)18-11-13-29-14-18)21(27)25-12-10-16-4-2-1-3-5-16/h1-9,11,13-14,20,23H,10,12,15H2,(H,25,27). The molecule has 1 aliphatic rings. The number of amides is 2. The van der Waals surface area contributed by atoms with Crippen molar-refractivity contribution >= 4 is 23.6 Å². The maximum Gasteiger partial charge on any atom is 0.255 e. The summed E-state index contributed by atoms with van der Waals surface area (Å²) in [6.07, 6.45) is 3.84. The minimum absolute atomic E-state index is 0.195. The lowest BCUT2D eigenvalue weighted by atomic mass is 10.1. The molecule has 5 nitrogen and oxygen atoms in total. The monoisotopic (exact) mass is 424 g/mol. The molecule has 3 aromatic rings. The summed E-state index contributed by atoms with van der Waals surface area (Å²) in [5.74, 6) is -0.446. The molecule has 1 saturated heterocycles. The summed E-state index contributed by atoms with van der Waals surface area (Å²) >= 11 is 1.51. The Labute approximate surface area is 178 Å². The fourth-order valence-electron chi connectivity index (χ4n) is 3.46. The molecule has 2 atom stereocenters. The number of nitrogens with one attached hydrogen (secondary N) is 1. The number of nitrogens with zero attached hydrogens (tertiary/aromatic N) is 1. The SMILES string of the molecule is O=C(NCCc1ccccc1)C1CSC(c2ccoc2)N1C(=O)c1ccc(F)cc1.